The minimum Gasteiger partial charge on any atom is -0.466 e. The van der Waals surface area contributed by atoms with Gasteiger partial charge in [0.25, 0.3) is 0 Å². The summed E-state index contributed by atoms with van der Waals surface area (Å²) in [6.07, 6.45) is 10.9. The topological polar surface area (TPSA) is 81.4 Å². The maximum absolute atomic E-state index is 12.1. The van der Waals surface area contributed by atoms with Crippen molar-refractivity contribution in [1.82, 2.24) is 5.32 Å². The number of nitrogens with one attached hydrogen (secondary N) is 1. The van der Waals surface area contributed by atoms with Gasteiger partial charge < -0.3 is 15.8 Å². The van der Waals surface area contributed by atoms with Gasteiger partial charge in [-0.25, -0.2) is 0 Å². The van der Waals surface area contributed by atoms with E-state index >= 15 is 0 Å². The average molecular weight is 441 g/mol. The van der Waals surface area contributed by atoms with Crippen molar-refractivity contribution in [2.24, 2.45) is 11.7 Å². The number of carbonyl (C=O) groups excluding carboxylic acids is 2. The fraction of sp³-hybridized carbons (Fsp3) is 0.481. The number of hydrogen-bond donors (Lipinski definition) is 2. The van der Waals surface area contributed by atoms with Crippen LogP contribution in [-0.2, 0) is 20.7 Å². The second-order valence-corrected chi connectivity index (χ2v) is 7.84. The summed E-state index contributed by atoms with van der Waals surface area (Å²) in [5.41, 5.74) is 9.65. The molecule has 1 aliphatic carbocycles. The molecule has 0 bridgehead atoms. The van der Waals surface area contributed by atoms with Crippen LogP contribution in [0, 0.1) is 5.92 Å². The summed E-state index contributed by atoms with van der Waals surface area (Å²) in [6.45, 7) is 12.1. The van der Waals surface area contributed by atoms with E-state index in [2.05, 4.69) is 54.4 Å². The Morgan fingerprint density at radius 2 is 1.84 bits per heavy atom. The molecule has 3 N–H and O–H groups in total. The molecule has 1 aliphatic rings. The van der Waals surface area contributed by atoms with E-state index in [4.69, 9.17) is 10.5 Å². The highest BCUT2D eigenvalue weighted by molar-refractivity contribution is 5.75. The highest BCUT2D eigenvalue weighted by Crippen LogP contribution is 2.22. The first-order valence-electron chi connectivity index (χ1n) is 11.7. The Morgan fingerprint density at radius 1 is 1.16 bits per heavy atom. The Balaban J connectivity index is 0.00000249. The Bertz CT molecular complexity index is 794. The first-order valence-corrected chi connectivity index (χ1v) is 11.7. The van der Waals surface area contributed by atoms with E-state index in [0.717, 1.165) is 25.0 Å². The van der Waals surface area contributed by atoms with E-state index in [-0.39, 0.29) is 30.3 Å². The number of amides is 1. The van der Waals surface area contributed by atoms with Gasteiger partial charge in [0.1, 0.15) is 0 Å². The predicted octanol–water partition coefficient (Wildman–Crippen LogP) is 5.32. The summed E-state index contributed by atoms with van der Waals surface area (Å²) < 4.78 is 5.16. The molecule has 0 aromatic heterocycles. The molecule has 0 fully saturated rings. The lowest BCUT2D eigenvalue weighted by Gasteiger charge is -2.24. The lowest BCUT2D eigenvalue weighted by atomic mass is 9.93. The number of esters is 1. The number of benzene rings is 1. The number of allylic oxidation sites excluding steroid dienone is 5. The van der Waals surface area contributed by atoms with E-state index in [1.807, 2.05) is 27.7 Å². The van der Waals surface area contributed by atoms with Crippen LogP contribution in [-0.4, -0.2) is 24.5 Å². The summed E-state index contributed by atoms with van der Waals surface area (Å²) in [5.74, 6) is -0.780. The Labute approximate surface area is 193 Å². The highest BCUT2D eigenvalue weighted by Gasteiger charge is 2.21. The van der Waals surface area contributed by atoms with Crippen LogP contribution >= 0.6 is 0 Å². The monoisotopic (exact) mass is 440 g/mol. The van der Waals surface area contributed by atoms with Crippen LogP contribution < -0.4 is 11.1 Å². The number of nitrogens with two attached hydrogens (primary N) is 1. The molecule has 5 nitrogen and oxygen atoms in total. The fourth-order valence-electron chi connectivity index (χ4n) is 3.58. The lowest BCUT2D eigenvalue weighted by molar-refractivity contribution is -0.147. The molecule has 0 saturated carbocycles. The van der Waals surface area contributed by atoms with Gasteiger partial charge in [-0.1, -0.05) is 69.8 Å². The molecule has 176 valence electrons. The Hall–Kier alpha value is -2.82. The Morgan fingerprint density at radius 3 is 2.41 bits per heavy atom. The average Bonchev–Trinajstić information content (AvgIpc) is 2.80. The number of rotatable bonds is 12. The largest absolute Gasteiger partial charge is 0.466 e. The molecule has 2 rings (SSSR count). The summed E-state index contributed by atoms with van der Waals surface area (Å²) in [5, 5.41) is 3.39. The molecule has 1 aromatic rings. The van der Waals surface area contributed by atoms with Gasteiger partial charge >= 0.3 is 5.97 Å². The van der Waals surface area contributed by atoms with E-state index in [1.54, 1.807) is 0 Å². The molecule has 5 heteroatoms. The van der Waals surface area contributed by atoms with Gasteiger partial charge in [0, 0.05) is 18.2 Å². The van der Waals surface area contributed by atoms with Crippen LogP contribution in [0.25, 0.3) is 5.57 Å². The van der Waals surface area contributed by atoms with E-state index in [0.29, 0.717) is 19.4 Å². The van der Waals surface area contributed by atoms with Crippen molar-refractivity contribution < 1.29 is 14.3 Å². The van der Waals surface area contributed by atoms with Crippen molar-refractivity contribution in [1.29, 1.82) is 0 Å². The highest BCUT2D eigenvalue weighted by atomic mass is 16.5. The minimum atomic E-state index is -0.351. The summed E-state index contributed by atoms with van der Waals surface area (Å²) in [6, 6.07) is 8.56. The van der Waals surface area contributed by atoms with Crippen LogP contribution in [0.15, 0.2) is 54.8 Å². The normalized spacial score (nSPS) is 14.3. The second-order valence-electron chi connectivity index (χ2n) is 7.84. The zero-order valence-electron chi connectivity index (χ0n) is 20.2. The van der Waals surface area contributed by atoms with Crippen LogP contribution in [0.4, 0.5) is 0 Å². The van der Waals surface area contributed by atoms with Gasteiger partial charge in [-0.05, 0) is 55.7 Å². The van der Waals surface area contributed by atoms with Gasteiger partial charge in [0.15, 0.2) is 0 Å². The van der Waals surface area contributed by atoms with Crippen molar-refractivity contribution in [2.75, 3.05) is 6.61 Å². The third-order valence-electron chi connectivity index (χ3n) is 5.17. The molecule has 0 spiro atoms. The van der Waals surface area contributed by atoms with Gasteiger partial charge in [-0.3, -0.25) is 9.59 Å². The maximum atomic E-state index is 12.1. The van der Waals surface area contributed by atoms with Crippen LogP contribution in [0.1, 0.15) is 70.9 Å². The summed E-state index contributed by atoms with van der Waals surface area (Å²) in [7, 11) is 0. The van der Waals surface area contributed by atoms with E-state index < -0.39 is 0 Å². The number of primary amides is 1. The molecule has 1 amide bonds. The van der Waals surface area contributed by atoms with Crippen LogP contribution in [0.5, 0.6) is 0 Å². The molecular formula is C27H40N2O3. The van der Waals surface area contributed by atoms with Crippen molar-refractivity contribution in [3.8, 4) is 0 Å². The van der Waals surface area contributed by atoms with Gasteiger partial charge in [0.2, 0.25) is 5.91 Å². The van der Waals surface area contributed by atoms with Crippen molar-refractivity contribution in [2.45, 2.75) is 72.3 Å². The third-order valence-corrected chi connectivity index (χ3v) is 5.17. The maximum Gasteiger partial charge on any atom is 0.308 e. The molecule has 0 heterocycles. The molecule has 1 unspecified atom stereocenters. The van der Waals surface area contributed by atoms with Crippen LogP contribution in [0.2, 0.25) is 0 Å². The van der Waals surface area contributed by atoms with E-state index in [9.17, 15) is 9.59 Å². The molecule has 1 aromatic carbocycles. The molecule has 0 radical (unpaired) electrons. The van der Waals surface area contributed by atoms with Crippen LogP contribution in [0.3, 0.4) is 0 Å². The third kappa shape index (κ3) is 9.99. The summed E-state index contributed by atoms with van der Waals surface area (Å²) in [4.78, 5) is 23.2. The molecule has 32 heavy (non-hydrogen) atoms. The zero-order chi connectivity index (χ0) is 23.9. The Kier molecular flexibility index (Phi) is 12.8. The minimum absolute atomic E-state index is 0.00410. The zero-order valence-corrected chi connectivity index (χ0v) is 20.2. The first-order chi connectivity index (χ1) is 15.4. The SMILES string of the molecule is C=C(CCC(N)=O)N[C@H](Cc1ccc(C2=CCCC=C2)cc1)CC(C)C(=O)OCC.CC. The predicted molar refractivity (Wildman–Crippen MR) is 133 cm³/mol. The molecule has 2 atom stereocenters. The van der Waals surface area contributed by atoms with Gasteiger partial charge in [-0.15, -0.1) is 0 Å². The fourth-order valence-corrected chi connectivity index (χ4v) is 3.58. The molecule has 0 aliphatic heterocycles. The van der Waals surface area contributed by atoms with E-state index in [1.165, 1.54) is 16.7 Å². The second kappa shape index (κ2) is 15.1. The number of ether oxygens (including phenoxy) is 1. The molecular weight excluding hydrogens is 400 g/mol. The quantitative estimate of drug-likeness (QED) is 0.431. The standard InChI is InChI=1S/C25H34N2O3.C2H6/c1-4-30-25(29)18(2)16-23(27-19(3)10-15-24(26)28)17-20-11-13-22(14-12-20)21-8-6-5-7-9-21;1-2/h6,8-9,11-14,18,23,27H,3-5,7,10,15-17H2,1-2H3,(H2,26,28);1-2H3/t18?,23-;/m0./s1. The van der Waals surface area contributed by atoms with Crippen molar-refractivity contribution in [3.63, 3.8) is 0 Å². The number of carbonyl (C=O) groups is 2. The summed E-state index contributed by atoms with van der Waals surface area (Å²) >= 11 is 0. The smallest absolute Gasteiger partial charge is 0.308 e. The van der Waals surface area contributed by atoms with Crippen molar-refractivity contribution in [3.05, 3.63) is 65.9 Å². The molecule has 0 saturated heterocycles. The van der Waals surface area contributed by atoms with Crippen molar-refractivity contribution >= 4 is 17.4 Å². The first kappa shape index (κ1) is 27.2. The van der Waals surface area contributed by atoms with Gasteiger partial charge in [0.05, 0.1) is 12.5 Å². The number of hydrogen-bond acceptors (Lipinski definition) is 4. The van der Waals surface area contributed by atoms with Gasteiger partial charge in [-0.2, -0.15) is 0 Å². The lowest BCUT2D eigenvalue weighted by Crippen LogP contribution is -2.34.